The molecule has 23 heavy (non-hydrogen) atoms. The van der Waals surface area contributed by atoms with Crippen LogP contribution in [0.15, 0.2) is 45.6 Å². The Morgan fingerprint density at radius 3 is 2.57 bits per heavy atom. The van der Waals surface area contributed by atoms with Crippen molar-refractivity contribution in [1.82, 2.24) is 10.2 Å². The first-order valence-electron chi connectivity index (χ1n) is 7.77. The summed E-state index contributed by atoms with van der Waals surface area (Å²) >= 11 is 4.91. The zero-order valence-electron chi connectivity index (χ0n) is 12.9. The number of benzene rings is 1. The molecule has 3 rings (SSSR count). The van der Waals surface area contributed by atoms with E-state index < -0.39 is 0 Å². The number of para-hydroxylation sites is 1. The molecule has 0 bridgehead atoms. The Balaban J connectivity index is 1.39. The van der Waals surface area contributed by atoms with Gasteiger partial charge in [-0.2, -0.15) is 0 Å². The number of hydrogen-bond acceptors (Lipinski definition) is 4. The fourth-order valence-corrected chi connectivity index (χ4v) is 3.86. The molecule has 0 radical (unpaired) electrons. The summed E-state index contributed by atoms with van der Waals surface area (Å²) in [7, 11) is 0. The van der Waals surface area contributed by atoms with E-state index in [4.69, 9.17) is 0 Å². The van der Waals surface area contributed by atoms with Crippen molar-refractivity contribution < 1.29 is 4.79 Å². The molecule has 1 aromatic heterocycles. The Bertz CT molecular complexity index is 638. The van der Waals surface area contributed by atoms with E-state index in [0.29, 0.717) is 6.54 Å². The van der Waals surface area contributed by atoms with Gasteiger partial charge in [0.25, 0.3) is 5.91 Å². The molecule has 1 aromatic carbocycles. The second kappa shape index (κ2) is 7.95. The van der Waals surface area contributed by atoms with E-state index in [9.17, 15) is 4.79 Å². The van der Waals surface area contributed by atoms with Crippen molar-refractivity contribution in [3.8, 4) is 0 Å². The molecular weight excluding hydrogens is 374 g/mol. The van der Waals surface area contributed by atoms with Crippen LogP contribution >= 0.6 is 27.3 Å². The van der Waals surface area contributed by atoms with Crippen LogP contribution in [-0.2, 0) is 0 Å². The number of hydrogen-bond donors (Lipinski definition) is 1. The molecule has 0 atom stereocenters. The van der Waals surface area contributed by atoms with Crippen LogP contribution in [0.2, 0.25) is 0 Å². The summed E-state index contributed by atoms with van der Waals surface area (Å²) in [5.41, 5.74) is 2.03. The predicted octanol–water partition coefficient (Wildman–Crippen LogP) is 3.06. The maximum absolute atomic E-state index is 12.0. The molecule has 1 N–H and O–H groups in total. The number of halogens is 1. The molecule has 0 saturated carbocycles. The number of carbonyl (C=O) groups excluding carboxylic acids is 1. The summed E-state index contributed by atoms with van der Waals surface area (Å²) in [6.45, 7) is 5.74. The van der Waals surface area contributed by atoms with Gasteiger partial charge in [-0.3, -0.25) is 9.69 Å². The summed E-state index contributed by atoms with van der Waals surface area (Å²) in [5, 5.41) is 4.87. The van der Waals surface area contributed by atoms with Crippen LogP contribution in [-0.4, -0.2) is 50.1 Å². The van der Waals surface area contributed by atoms with Gasteiger partial charge in [-0.05, 0) is 34.1 Å². The summed E-state index contributed by atoms with van der Waals surface area (Å²) < 4.78 is 0.986. The number of rotatable bonds is 5. The molecule has 1 aliphatic heterocycles. The molecule has 4 nitrogen and oxygen atoms in total. The predicted molar refractivity (Wildman–Crippen MR) is 99.4 cm³/mol. The molecular formula is C17H20BrN3OS. The van der Waals surface area contributed by atoms with Gasteiger partial charge >= 0.3 is 0 Å². The zero-order valence-corrected chi connectivity index (χ0v) is 15.3. The average molecular weight is 394 g/mol. The van der Waals surface area contributed by atoms with Crippen molar-refractivity contribution >= 4 is 38.9 Å². The number of amides is 1. The average Bonchev–Trinajstić information content (AvgIpc) is 3.03. The first kappa shape index (κ1) is 16.5. The Hall–Kier alpha value is -1.37. The van der Waals surface area contributed by atoms with Crippen molar-refractivity contribution in [1.29, 1.82) is 0 Å². The van der Waals surface area contributed by atoms with Crippen LogP contribution in [0, 0.1) is 0 Å². The van der Waals surface area contributed by atoms with E-state index in [0.717, 1.165) is 42.1 Å². The standard InChI is InChI=1S/C17H20BrN3OS/c18-16-12-14(13-23-16)17(22)19-6-7-20-8-10-21(11-9-20)15-4-2-1-3-5-15/h1-5,12-13H,6-11H2,(H,19,22). The minimum atomic E-state index is 0.00914. The quantitative estimate of drug-likeness (QED) is 0.847. The van der Waals surface area contributed by atoms with Gasteiger partial charge in [0.05, 0.1) is 9.35 Å². The highest BCUT2D eigenvalue weighted by molar-refractivity contribution is 9.11. The van der Waals surface area contributed by atoms with Gasteiger partial charge in [-0.15, -0.1) is 11.3 Å². The van der Waals surface area contributed by atoms with Gasteiger partial charge in [0.2, 0.25) is 0 Å². The highest BCUT2D eigenvalue weighted by Crippen LogP contribution is 2.20. The van der Waals surface area contributed by atoms with Gasteiger partial charge in [0.1, 0.15) is 0 Å². The largest absolute Gasteiger partial charge is 0.369 e. The van der Waals surface area contributed by atoms with E-state index >= 15 is 0 Å². The van der Waals surface area contributed by atoms with Crippen LogP contribution in [0.4, 0.5) is 5.69 Å². The zero-order chi connectivity index (χ0) is 16.1. The molecule has 1 saturated heterocycles. The number of piperazine rings is 1. The molecule has 1 aliphatic rings. The molecule has 0 aliphatic carbocycles. The van der Waals surface area contributed by atoms with Crippen LogP contribution in [0.3, 0.4) is 0 Å². The molecule has 0 unspecified atom stereocenters. The number of carbonyl (C=O) groups is 1. The highest BCUT2D eigenvalue weighted by atomic mass is 79.9. The number of thiophene rings is 1. The summed E-state index contributed by atoms with van der Waals surface area (Å²) in [5.74, 6) is 0.00914. The summed E-state index contributed by atoms with van der Waals surface area (Å²) in [4.78, 5) is 16.8. The minimum absolute atomic E-state index is 0.00914. The number of nitrogens with one attached hydrogen (secondary N) is 1. The molecule has 1 fully saturated rings. The van der Waals surface area contributed by atoms with Gasteiger partial charge in [0, 0.05) is 50.3 Å². The highest BCUT2D eigenvalue weighted by Gasteiger charge is 2.17. The third kappa shape index (κ3) is 4.56. The first-order valence-corrected chi connectivity index (χ1v) is 9.44. The van der Waals surface area contributed by atoms with Crippen LogP contribution in [0.1, 0.15) is 10.4 Å². The van der Waals surface area contributed by atoms with Crippen LogP contribution in [0.25, 0.3) is 0 Å². The van der Waals surface area contributed by atoms with Crippen molar-refractivity contribution in [3.63, 3.8) is 0 Å². The van der Waals surface area contributed by atoms with Crippen LogP contribution < -0.4 is 10.2 Å². The maximum Gasteiger partial charge on any atom is 0.252 e. The maximum atomic E-state index is 12.0. The van der Waals surface area contributed by atoms with E-state index in [1.54, 1.807) is 0 Å². The second-order valence-electron chi connectivity index (χ2n) is 5.56. The lowest BCUT2D eigenvalue weighted by Crippen LogP contribution is -2.48. The third-order valence-corrected chi connectivity index (χ3v) is 5.54. The van der Waals surface area contributed by atoms with Crippen molar-refractivity contribution in [2.75, 3.05) is 44.2 Å². The smallest absolute Gasteiger partial charge is 0.252 e. The Morgan fingerprint density at radius 2 is 1.91 bits per heavy atom. The fraction of sp³-hybridized carbons (Fsp3) is 0.353. The van der Waals surface area contributed by atoms with Crippen molar-refractivity contribution in [3.05, 3.63) is 51.1 Å². The third-order valence-electron chi connectivity index (χ3n) is 4.04. The Morgan fingerprint density at radius 1 is 1.17 bits per heavy atom. The van der Waals surface area contributed by atoms with E-state index in [1.807, 2.05) is 11.4 Å². The normalized spacial score (nSPS) is 15.6. The lowest BCUT2D eigenvalue weighted by Gasteiger charge is -2.36. The SMILES string of the molecule is O=C(NCCN1CCN(c2ccccc2)CC1)c1csc(Br)c1. The molecule has 2 aromatic rings. The topological polar surface area (TPSA) is 35.6 Å². The molecule has 6 heteroatoms. The van der Waals surface area contributed by atoms with Gasteiger partial charge in [0.15, 0.2) is 0 Å². The number of anilines is 1. The van der Waals surface area contributed by atoms with E-state index in [2.05, 4.69) is 61.4 Å². The van der Waals surface area contributed by atoms with E-state index in [-0.39, 0.29) is 5.91 Å². The molecule has 122 valence electrons. The lowest BCUT2D eigenvalue weighted by molar-refractivity contribution is 0.0948. The number of nitrogens with zero attached hydrogens (tertiary/aromatic N) is 2. The fourth-order valence-electron chi connectivity index (χ4n) is 2.73. The molecule has 0 spiro atoms. The van der Waals surface area contributed by atoms with Gasteiger partial charge in [-0.25, -0.2) is 0 Å². The Labute approximate surface area is 149 Å². The molecule has 2 heterocycles. The first-order chi connectivity index (χ1) is 11.2. The monoisotopic (exact) mass is 393 g/mol. The van der Waals surface area contributed by atoms with Crippen molar-refractivity contribution in [2.24, 2.45) is 0 Å². The van der Waals surface area contributed by atoms with Gasteiger partial charge in [-0.1, -0.05) is 18.2 Å². The summed E-state index contributed by atoms with van der Waals surface area (Å²) in [6, 6.07) is 12.4. The summed E-state index contributed by atoms with van der Waals surface area (Å²) in [6.07, 6.45) is 0. The minimum Gasteiger partial charge on any atom is -0.369 e. The Kier molecular flexibility index (Phi) is 5.70. The second-order valence-corrected chi connectivity index (χ2v) is 7.85. The molecule has 1 amide bonds. The van der Waals surface area contributed by atoms with Crippen LogP contribution in [0.5, 0.6) is 0 Å². The van der Waals surface area contributed by atoms with Crippen molar-refractivity contribution in [2.45, 2.75) is 0 Å². The van der Waals surface area contributed by atoms with Gasteiger partial charge < -0.3 is 10.2 Å². The lowest BCUT2D eigenvalue weighted by atomic mass is 10.2. The van der Waals surface area contributed by atoms with E-state index in [1.165, 1.54) is 17.0 Å².